The van der Waals surface area contributed by atoms with Gasteiger partial charge in [0.15, 0.2) is 0 Å². The van der Waals surface area contributed by atoms with Gasteiger partial charge in [-0.05, 0) is 6.92 Å². The van der Waals surface area contributed by atoms with Crippen LogP contribution in [0.15, 0.2) is 0 Å². The summed E-state index contributed by atoms with van der Waals surface area (Å²) in [7, 11) is 1.51. The fraction of sp³-hybridized carbons (Fsp3) is 1.00. The largest absolute Gasteiger partial charge is 0.341 e. The van der Waals surface area contributed by atoms with Crippen LogP contribution in [0.5, 0.6) is 0 Å². The molecule has 0 aromatic rings. The molecule has 0 aliphatic carbocycles. The molecule has 8 heavy (non-hydrogen) atoms. The fourth-order valence-corrected chi connectivity index (χ4v) is 0.346. The molecule has 0 radical (unpaired) electrons. The first kappa shape index (κ1) is 7.88. The van der Waals surface area contributed by atoms with Crippen molar-refractivity contribution in [2.75, 3.05) is 13.7 Å². The zero-order chi connectivity index (χ0) is 6.62. The van der Waals surface area contributed by atoms with Crippen LogP contribution in [-0.4, -0.2) is 19.6 Å². The Hall–Kier alpha value is -0.120. The third-order valence-electron chi connectivity index (χ3n) is 0.836. The van der Waals surface area contributed by atoms with Crippen LogP contribution in [0.3, 0.4) is 0 Å². The summed E-state index contributed by atoms with van der Waals surface area (Å²) in [6, 6.07) is 0. The molecule has 0 aromatic carbocycles. The standard InChI is InChI=1S/C5H13NO2/c1-4-8-5(2,6)7-3/h4,6H2,1-3H3. The van der Waals surface area contributed by atoms with Gasteiger partial charge in [0.2, 0.25) is 5.91 Å². The van der Waals surface area contributed by atoms with Gasteiger partial charge in [-0.2, -0.15) is 0 Å². The lowest BCUT2D eigenvalue weighted by molar-refractivity contribution is -0.203. The Kier molecular flexibility index (Phi) is 2.97. The zero-order valence-corrected chi connectivity index (χ0v) is 5.60. The average molecular weight is 119 g/mol. The zero-order valence-electron chi connectivity index (χ0n) is 5.60. The lowest BCUT2D eigenvalue weighted by atomic mass is 10.6. The SMILES string of the molecule is CCOC(C)(N)OC. The summed E-state index contributed by atoms with van der Waals surface area (Å²) < 4.78 is 9.67. The second-order valence-electron chi connectivity index (χ2n) is 1.65. The molecule has 0 saturated heterocycles. The third kappa shape index (κ3) is 2.96. The lowest BCUT2D eigenvalue weighted by Gasteiger charge is -2.21. The quantitative estimate of drug-likeness (QED) is 0.543. The van der Waals surface area contributed by atoms with E-state index in [0.29, 0.717) is 6.61 Å². The van der Waals surface area contributed by atoms with Crippen molar-refractivity contribution in [2.24, 2.45) is 5.73 Å². The number of hydrogen-bond acceptors (Lipinski definition) is 3. The van der Waals surface area contributed by atoms with Crippen molar-refractivity contribution in [3.63, 3.8) is 0 Å². The molecule has 3 nitrogen and oxygen atoms in total. The molecule has 0 spiro atoms. The molecule has 3 heteroatoms. The Balaban J connectivity index is 3.37. The average Bonchev–Trinajstić information content (AvgIpc) is 1.67. The minimum Gasteiger partial charge on any atom is -0.341 e. The van der Waals surface area contributed by atoms with Gasteiger partial charge in [0.25, 0.3) is 0 Å². The second kappa shape index (κ2) is 3.02. The van der Waals surface area contributed by atoms with E-state index in [1.54, 1.807) is 6.92 Å². The molecule has 1 atom stereocenters. The molecule has 1 unspecified atom stereocenters. The smallest absolute Gasteiger partial charge is 0.221 e. The number of ether oxygens (including phenoxy) is 2. The van der Waals surface area contributed by atoms with Crippen molar-refractivity contribution < 1.29 is 9.47 Å². The fourth-order valence-electron chi connectivity index (χ4n) is 0.346. The van der Waals surface area contributed by atoms with Gasteiger partial charge in [0.1, 0.15) is 0 Å². The molecule has 0 rings (SSSR count). The van der Waals surface area contributed by atoms with Crippen LogP contribution in [0, 0.1) is 0 Å². The first-order valence-electron chi connectivity index (χ1n) is 2.60. The molecular formula is C5H13NO2. The summed E-state index contributed by atoms with van der Waals surface area (Å²) in [5.74, 6) is -0.908. The third-order valence-corrected chi connectivity index (χ3v) is 0.836. The Morgan fingerprint density at radius 2 is 2.12 bits per heavy atom. The maximum absolute atomic E-state index is 5.38. The highest BCUT2D eigenvalue weighted by Crippen LogP contribution is 1.99. The van der Waals surface area contributed by atoms with Crippen LogP contribution in [0.1, 0.15) is 13.8 Å². The molecule has 0 aliphatic rings. The second-order valence-corrected chi connectivity index (χ2v) is 1.65. The lowest BCUT2D eigenvalue weighted by Crippen LogP contribution is -2.41. The highest BCUT2D eigenvalue weighted by Gasteiger charge is 2.14. The predicted octanol–water partition coefficient (Wildman–Crippen LogP) is 0.302. The van der Waals surface area contributed by atoms with Gasteiger partial charge < -0.3 is 9.47 Å². The van der Waals surface area contributed by atoms with E-state index in [0.717, 1.165) is 0 Å². The van der Waals surface area contributed by atoms with E-state index < -0.39 is 5.91 Å². The van der Waals surface area contributed by atoms with Gasteiger partial charge in [-0.15, -0.1) is 0 Å². The number of nitrogens with two attached hydrogens (primary N) is 1. The van der Waals surface area contributed by atoms with Crippen molar-refractivity contribution in [1.82, 2.24) is 0 Å². The van der Waals surface area contributed by atoms with Gasteiger partial charge in [-0.1, -0.05) is 0 Å². The van der Waals surface area contributed by atoms with Crippen molar-refractivity contribution in [1.29, 1.82) is 0 Å². The van der Waals surface area contributed by atoms with E-state index in [1.165, 1.54) is 7.11 Å². The summed E-state index contributed by atoms with van der Waals surface area (Å²) in [6.45, 7) is 4.10. The van der Waals surface area contributed by atoms with Crippen LogP contribution < -0.4 is 5.73 Å². The molecule has 50 valence electrons. The Bertz CT molecular complexity index is 63.4. The molecule has 0 heterocycles. The Labute approximate surface area is 49.8 Å². The summed E-state index contributed by atoms with van der Waals surface area (Å²) in [5.41, 5.74) is 5.38. The Morgan fingerprint density at radius 3 is 2.25 bits per heavy atom. The summed E-state index contributed by atoms with van der Waals surface area (Å²) in [5, 5.41) is 0. The maximum Gasteiger partial charge on any atom is 0.221 e. The van der Waals surface area contributed by atoms with Crippen LogP contribution in [0.4, 0.5) is 0 Å². The number of methoxy groups -OCH3 is 1. The van der Waals surface area contributed by atoms with E-state index in [-0.39, 0.29) is 0 Å². The molecule has 0 bridgehead atoms. The van der Waals surface area contributed by atoms with Crippen molar-refractivity contribution in [3.8, 4) is 0 Å². The van der Waals surface area contributed by atoms with Crippen molar-refractivity contribution in [2.45, 2.75) is 19.8 Å². The van der Waals surface area contributed by atoms with Gasteiger partial charge in [-0.3, -0.25) is 5.73 Å². The Morgan fingerprint density at radius 1 is 1.62 bits per heavy atom. The minimum atomic E-state index is -0.908. The molecule has 0 aliphatic heterocycles. The monoisotopic (exact) mass is 119 g/mol. The molecule has 0 aromatic heterocycles. The van der Waals surface area contributed by atoms with Crippen LogP contribution in [-0.2, 0) is 9.47 Å². The first-order valence-corrected chi connectivity index (χ1v) is 2.60. The van der Waals surface area contributed by atoms with Crippen LogP contribution in [0.2, 0.25) is 0 Å². The molecule has 0 fully saturated rings. The van der Waals surface area contributed by atoms with Crippen LogP contribution in [0.25, 0.3) is 0 Å². The predicted molar refractivity (Wildman–Crippen MR) is 31.2 cm³/mol. The van der Waals surface area contributed by atoms with E-state index in [9.17, 15) is 0 Å². The van der Waals surface area contributed by atoms with Crippen molar-refractivity contribution >= 4 is 0 Å². The first-order chi connectivity index (χ1) is 3.62. The van der Waals surface area contributed by atoms with Gasteiger partial charge in [0.05, 0.1) is 0 Å². The topological polar surface area (TPSA) is 44.5 Å². The summed E-state index contributed by atoms with van der Waals surface area (Å²) in [6.07, 6.45) is 0. The summed E-state index contributed by atoms with van der Waals surface area (Å²) >= 11 is 0. The van der Waals surface area contributed by atoms with E-state index in [2.05, 4.69) is 0 Å². The van der Waals surface area contributed by atoms with Gasteiger partial charge in [0, 0.05) is 20.6 Å². The normalized spacial score (nSPS) is 18.0. The molecule has 2 N–H and O–H groups in total. The summed E-state index contributed by atoms with van der Waals surface area (Å²) in [4.78, 5) is 0. The maximum atomic E-state index is 5.38. The van der Waals surface area contributed by atoms with Gasteiger partial charge >= 0.3 is 0 Å². The van der Waals surface area contributed by atoms with Gasteiger partial charge in [-0.25, -0.2) is 0 Å². The molecular weight excluding hydrogens is 106 g/mol. The highest BCUT2D eigenvalue weighted by molar-refractivity contribution is 4.46. The number of rotatable bonds is 3. The number of hydrogen-bond donors (Lipinski definition) is 1. The van der Waals surface area contributed by atoms with E-state index in [1.807, 2.05) is 6.92 Å². The van der Waals surface area contributed by atoms with Crippen LogP contribution >= 0.6 is 0 Å². The highest BCUT2D eigenvalue weighted by atomic mass is 16.7. The van der Waals surface area contributed by atoms with E-state index >= 15 is 0 Å². The van der Waals surface area contributed by atoms with Crippen molar-refractivity contribution in [3.05, 3.63) is 0 Å². The van der Waals surface area contributed by atoms with E-state index in [4.69, 9.17) is 15.2 Å². The minimum absolute atomic E-state index is 0.570. The molecule has 0 saturated carbocycles. The molecule has 0 amide bonds.